The number of H-pyrrole nitrogens is 3. The number of nitriles is 1. The molecular weight excluding hydrogens is 622 g/mol. The summed E-state index contributed by atoms with van der Waals surface area (Å²) >= 11 is 0. The van der Waals surface area contributed by atoms with Crippen LogP contribution in [0.5, 0.6) is 0 Å². The minimum atomic E-state index is -0.667. The first kappa shape index (κ1) is 35.7. The van der Waals surface area contributed by atoms with Crippen LogP contribution >= 0.6 is 0 Å². The monoisotopic (exact) mass is 659 g/mol. The molecular formula is C38H37N5O6. The number of nitrogens with one attached hydrogen (secondary N) is 3. The van der Waals surface area contributed by atoms with E-state index >= 15 is 0 Å². The Morgan fingerprint density at radius 1 is 0.694 bits per heavy atom. The second kappa shape index (κ2) is 15.2. The van der Waals surface area contributed by atoms with Crippen molar-refractivity contribution >= 4 is 11.6 Å². The summed E-state index contributed by atoms with van der Waals surface area (Å²) in [6.07, 6.45) is 0.678. The van der Waals surface area contributed by atoms with Crippen molar-refractivity contribution in [2.75, 3.05) is 0 Å². The molecule has 3 N–H and O–H groups in total. The van der Waals surface area contributed by atoms with Crippen LogP contribution in [0.25, 0.3) is 0 Å². The first-order valence-electron chi connectivity index (χ1n) is 15.7. The number of rotatable bonds is 8. The number of aryl methyl sites for hydroxylation is 4. The fraction of sp³-hybridized carbons (Fsp3) is 0.237. The van der Waals surface area contributed by atoms with Crippen LogP contribution in [0.4, 0.5) is 0 Å². The standard InChI is InChI=1S/C23H21N3O3.C15H16N2O3/c1-4-19-20(21(27)18-9-14(2)8-15(3)10-18)26(23(29)25-22(19)28)13-17-7-5-6-16(11-17)12-24;1-4-11-12(16-15(20)17-14(11)19)13(18)10-6-8(2)5-9(3)7-10/h5-11H,4,13H2,1-3H3,(H,25,28,29);5-7H,4H2,1-3H3,(H2,16,17,19,20). The Morgan fingerprint density at radius 2 is 1.22 bits per heavy atom. The van der Waals surface area contributed by atoms with Crippen molar-refractivity contribution in [3.63, 3.8) is 0 Å². The molecule has 0 saturated heterocycles. The Hall–Kier alpha value is -6.15. The van der Waals surface area contributed by atoms with Crippen molar-refractivity contribution in [3.05, 3.63) is 169 Å². The summed E-state index contributed by atoms with van der Waals surface area (Å²) in [4.78, 5) is 81.0. The molecule has 5 rings (SSSR count). The van der Waals surface area contributed by atoms with Crippen molar-refractivity contribution in [1.82, 2.24) is 19.5 Å². The third-order valence-electron chi connectivity index (χ3n) is 7.85. The van der Waals surface area contributed by atoms with Gasteiger partial charge in [0, 0.05) is 22.3 Å². The predicted molar refractivity (Wildman–Crippen MR) is 187 cm³/mol. The van der Waals surface area contributed by atoms with E-state index in [0.717, 1.165) is 22.3 Å². The molecule has 5 aromatic rings. The molecule has 0 radical (unpaired) electrons. The molecule has 2 aromatic heterocycles. The fourth-order valence-corrected chi connectivity index (χ4v) is 5.81. The van der Waals surface area contributed by atoms with Crippen molar-refractivity contribution in [1.29, 1.82) is 5.26 Å². The third kappa shape index (κ3) is 8.23. The second-order valence-electron chi connectivity index (χ2n) is 11.9. The summed E-state index contributed by atoms with van der Waals surface area (Å²) in [6, 6.07) is 19.8. The maximum Gasteiger partial charge on any atom is 0.329 e. The summed E-state index contributed by atoms with van der Waals surface area (Å²) in [7, 11) is 0. The van der Waals surface area contributed by atoms with Gasteiger partial charge >= 0.3 is 11.4 Å². The largest absolute Gasteiger partial charge is 0.329 e. The number of benzene rings is 3. The van der Waals surface area contributed by atoms with Crippen LogP contribution in [-0.2, 0) is 19.4 Å². The number of aromatic amines is 3. The molecule has 0 aliphatic rings. The van der Waals surface area contributed by atoms with Gasteiger partial charge in [-0.2, -0.15) is 5.26 Å². The molecule has 0 unspecified atom stereocenters. The van der Waals surface area contributed by atoms with E-state index in [1.165, 1.54) is 4.57 Å². The van der Waals surface area contributed by atoms with Crippen molar-refractivity contribution in [3.8, 4) is 6.07 Å². The molecule has 250 valence electrons. The van der Waals surface area contributed by atoms with Crippen LogP contribution in [0.1, 0.15) is 90.5 Å². The quantitative estimate of drug-likeness (QED) is 0.207. The number of aromatic nitrogens is 4. The summed E-state index contributed by atoms with van der Waals surface area (Å²) in [5, 5.41) is 9.12. The van der Waals surface area contributed by atoms with Crippen molar-refractivity contribution in [2.24, 2.45) is 0 Å². The fourth-order valence-electron chi connectivity index (χ4n) is 5.81. The summed E-state index contributed by atoms with van der Waals surface area (Å²) in [5.74, 6) is -0.704. The van der Waals surface area contributed by atoms with E-state index in [9.17, 15) is 28.8 Å². The van der Waals surface area contributed by atoms with Gasteiger partial charge in [0.1, 0.15) is 5.69 Å². The van der Waals surface area contributed by atoms with Crippen molar-refractivity contribution < 1.29 is 9.59 Å². The SMILES string of the molecule is CCc1c(C(=O)c2cc(C)cc(C)c2)[nH]c(=O)[nH]c1=O.CCc1c(C(=O)c2cc(C)cc(C)c2)n(Cc2cccc(C#N)c2)c(=O)[nH]c1=O. The Labute approximate surface area is 281 Å². The van der Waals surface area contributed by atoms with Crippen LogP contribution in [0.3, 0.4) is 0 Å². The maximum absolute atomic E-state index is 13.4. The average Bonchev–Trinajstić information content (AvgIpc) is 3.04. The molecule has 49 heavy (non-hydrogen) atoms. The number of carbonyl (C=O) groups is 2. The zero-order valence-corrected chi connectivity index (χ0v) is 28.2. The highest BCUT2D eigenvalue weighted by atomic mass is 16.2. The Kier molecular flexibility index (Phi) is 11.1. The number of nitrogens with zero attached hydrogens (tertiary/aromatic N) is 2. The Balaban J connectivity index is 0.000000237. The van der Waals surface area contributed by atoms with E-state index in [-0.39, 0.29) is 35.1 Å². The van der Waals surface area contributed by atoms with Gasteiger partial charge in [-0.3, -0.25) is 33.7 Å². The van der Waals surface area contributed by atoms with Gasteiger partial charge in [-0.05, 0) is 82.5 Å². The van der Waals surface area contributed by atoms with Gasteiger partial charge in [-0.15, -0.1) is 0 Å². The van der Waals surface area contributed by atoms with E-state index < -0.39 is 22.5 Å². The average molecular weight is 660 g/mol. The lowest BCUT2D eigenvalue weighted by atomic mass is 9.99. The van der Waals surface area contributed by atoms with Gasteiger partial charge in [0.15, 0.2) is 0 Å². The zero-order chi connectivity index (χ0) is 36.0. The molecule has 0 aliphatic heterocycles. The van der Waals surface area contributed by atoms with Gasteiger partial charge < -0.3 is 4.98 Å². The molecule has 11 nitrogen and oxygen atoms in total. The van der Waals surface area contributed by atoms with E-state index in [2.05, 4.69) is 21.0 Å². The number of hydrogen-bond acceptors (Lipinski definition) is 7. The lowest BCUT2D eigenvalue weighted by Crippen LogP contribution is -2.37. The molecule has 11 heteroatoms. The lowest BCUT2D eigenvalue weighted by Gasteiger charge is -2.15. The maximum atomic E-state index is 13.4. The Bertz CT molecular complexity index is 2330. The number of ketones is 2. The minimum Gasteiger partial charge on any atom is -0.304 e. The van der Waals surface area contributed by atoms with Crippen LogP contribution in [-0.4, -0.2) is 31.1 Å². The summed E-state index contributed by atoms with van der Waals surface area (Å²) in [5.41, 5.74) is 4.17. The highest BCUT2D eigenvalue weighted by Crippen LogP contribution is 2.17. The molecule has 0 bridgehead atoms. The zero-order valence-electron chi connectivity index (χ0n) is 28.2. The minimum absolute atomic E-state index is 0.0734. The van der Waals surface area contributed by atoms with Gasteiger partial charge in [0.05, 0.1) is 23.9 Å². The van der Waals surface area contributed by atoms with Gasteiger partial charge in [0.2, 0.25) is 11.6 Å². The summed E-state index contributed by atoms with van der Waals surface area (Å²) < 4.78 is 1.29. The normalized spacial score (nSPS) is 10.6. The van der Waals surface area contributed by atoms with E-state index in [1.807, 2.05) is 39.8 Å². The first-order valence-corrected chi connectivity index (χ1v) is 15.7. The number of carbonyl (C=O) groups excluding carboxylic acids is 2. The summed E-state index contributed by atoms with van der Waals surface area (Å²) in [6.45, 7) is 11.2. The van der Waals surface area contributed by atoms with Gasteiger partial charge in [0.25, 0.3) is 11.1 Å². The molecule has 0 aliphatic carbocycles. The van der Waals surface area contributed by atoms with Crippen LogP contribution in [0, 0.1) is 39.0 Å². The lowest BCUT2D eigenvalue weighted by molar-refractivity contribution is 0.102. The van der Waals surface area contributed by atoms with E-state index in [0.29, 0.717) is 40.7 Å². The molecule has 0 saturated carbocycles. The molecule has 0 atom stereocenters. The van der Waals surface area contributed by atoms with E-state index in [1.54, 1.807) is 62.4 Å². The highest BCUT2D eigenvalue weighted by molar-refractivity contribution is 6.09. The van der Waals surface area contributed by atoms with Crippen LogP contribution in [0.2, 0.25) is 0 Å². The molecule has 0 amide bonds. The van der Waals surface area contributed by atoms with Crippen LogP contribution < -0.4 is 22.5 Å². The number of hydrogen-bond donors (Lipinski definition) is 3. The molecule has 0 spiro atoms. The third-order valence-corrected chi connectivity index (χ3v) is 7.85. The molecule has 3 aromatic carbocycles. The molecule has 0 fully saturated rings. The second-order valence-corrected chi connectivity index (χ2v) is 11.9. The topological polar surface area (TPSA) is 179 Å². The molecule has 2 heterocycles. The van der Waals surface area contributed by atoms with Crippen molar-refractivity contribution in [2.45, 2.75) is 60.9 Å². The van der Waals surface area contributed by atoms with Crippen LogP contribution in [0.15, 0.2) is 79.8 Å². The Morgan fingerprint density at radius 3 is 1.76 bits per heavy atom. The first-order chi connectivity index (χ1) is 23.3. The van der Waals surface area contributed by atoms with E-state index in [4.69, 9.17) is 5.26 Å². The highest BCUT2D eigenvalue weighted by Gasteiger charge is 2.22. The predicted octanol–water partition coefficient (Wildman–Crippen LogP) is 4.34. The smallest absolute Gasteiger partial charge is 0.304 e. The van der Waals surface area contributed by atoms with Gasteiger partial charge in [-0.1, -0.05) is 60.4 Å². The van der Waals surface area contributed by atoms with Gasteiger partial charge in [-0.25, -0.2) is 9.59 Å².